The molecule has 2 aliphatic rings. The van der Waals surface area contributed by atoms with Crippen LogP contribution in [0.5, 0.6) is 0 Å². The summed E-state index contributed by atoms with van der Waals surface area (Å²) < 4.78 is 11.4. The van der Waals surface area contributed by atoms with Crippen molar-refractivity contribution in [3.05, 3.63) is 0 Å². The molecule has 0 bridgehead atoms. The molecule has 5 heteroatoms. The van der Waals surface area contributed by atoms with Gasteiger partial charge >= 0.3 is 0 Å². The van der Waals surface area contributed by atoms with Gasteiger partial charge in [-0.1, -0.05) is 0 Å². The van der Waals surface area contributed by atoms with Crippen LogP contribution in [0.1, 0.15) is 38.5 Å². The SMILES string of the molecule is C(CNCCCOCCN1CCCC1)COCCN1CCCC1. The summed E-state index contributed by atoms with van der Waals surface area (Å²) in [5, 5.41) is 3.47. The normalized spacial score (nSPS) is 19.8. The second-order valence-corrected chi connectivity index (χ2v) is 6.78. The molecule has 23 heavy (non-hydrogen) atoms. The van der Waals surface area contributed by atoms with E-state index in [1.807, 2.05) is 0 Å². The highest BCUT2D eigenvalue weighted by Gasteiger charge is 2.10. The van der Waals surface area contributed by atoms with Crippen molar-refractivity contribution < 1.29 is 9.47 Å². The Morgan fingerprint density at radius 2 is 1.04 bits per heavy atom. The minimum atomic E-state index is 0.882. The molecule has 0 atom stereocenters. The molecule has 0 amide bonds. The maximum atomic E-state index is 5.69. The molecule has 2 saturated heterocycles. The third kappa shape index (κ3) is 9.62. The molecule has 0 saturated carbocycles. The second-order valence-electron chi connectivity index (χ2n) is 6.78. The molecule has 0 unspecified atom stereocenters. The lowest BCUT2D eigenvalue weighted by atomic mass is 10.4. The maximum absolute atomic E-state index is 5.69. The number of ether oxygens (including phenoxy) is 2. The lowest BCUT2D eigenvalue weighted by molar-refractivity contribution is 0.106. The minimum Gasteiger partial charge on any atom is -0.380 e. The summed E-state index contributed by atoms with van der Waals surface area (Å²) in [6, 6.07) is 0. The zero-order valence-corrected chi connectivity index (χ0v) is 14.9. The Labute approximate surface area is 142 Å². The van der Waals surface area contributed by atoms with Crippen LogP contribution in [0.4, 0.5) is 0 Å². The summed E-state index contributed by atoms with van der Waals surface area (Å²) in [6.45, 7) is 13.0. The van der Waals surface area contributed by atoms with E-state index in [9.17, 15) is 0 Å². The van der Waals surface area contributed by atoms with Crippen LogP contribution >= 0.6 is 0 Å². The smallest absolute Gasteiger partial charge is 0.0593 e. The van der Waals surface area contributed by atoms with Gasteiger partial charge in [0.1, 0.15) is 0 Å². The van der Waals surface area contributed by atoms with Crippen LogP contribution in [-0.2, 0) is 9.47 Å². The summed E-state index contributed by atoms with van der Waals surface area (Å²) in [5.41, 5.74) is 0. The quantitative estimate of drug-likeness (QED) is 0.490. The van der Waals surface area contributed by atoms with Crippen LogP contribution in [0, 0.1) is 0 Å². The van der Waals surface area contributed by atoms with Crippen LogP contribution in [0.15, 0.2) is 0 Å². The highest BCUT2D eigenvalue weighted by Crippen LogP contribution is 2.06. The molecule has 2 rings (SSSR count). The van der Waals surface area contributed by atoms with Crippen molar-refractivity contribution in [3.63, 3.8) is 0 Å². The van der Waals surface area contributed by atoms with Crippen LogP contribution in [-0.4, -0.2) is 88.6 Å². The van der Waals surface area contributed by atoms with Crippen molar-refractivity contribution in [1.82, 2.24) is 15.1 Å². The highest BCUT2D eigenvalue weighted by atomic mass is 16.5. The van der Waals surface area contributed by atoms with Gasteiger partial charge in [0.2, 0.25) is 0 Å². The van der Waals surface area contributed by atoms with Gasteiger partial charge in [-0.2, -0.15) is 0 Å². The van der Waals surface area contributed by atoms with E-state index >= 15 is 0 Å². The van der Waals surface area contributed by atoms with E-state index in [0.717, 1.165) is 65.4 Å². The molecule has 2 aliphatic heterocycles. The highest BCUT2D eigenvalue weighted by molar-refractivity contribution is 4.65. The fourth-order valence-corrected chi connectivity index (χ4v) is 3.33. The summed E-state index contributed by atoms with van der Waals surface area (Å²) in [6.07, 6.45) is 7.68. The summed E-state index contributed by atoms with van der Waals surface area (Å²) in [4.78, 5) is 5.00. The van der Waals surface area contributed by atoms with Crippen molar-refractivity contribution in [2.45, 2.75) is 38.5 Å². The van der Waals surface area contributed by atoms with Gasteiger partial charge in [0.15, 0.2) is 0 Å². The van der Waals surface area contributed by atoms with E-state index in [0.29, 0.717) is 0 Å². The molecule has 2 heterocycles. The Kier molecular flexibility index (Phi) is 10.9. The van der Waals surface area contributed by atoms with E-state index in [-0.39, 0.29) is 0 Å². The largest absolute Gasteiger partial charge is 0.380 e. The van der Waals surface area contributed by atoms with Crippen LogP contribution in [0.3, 0.4) is 0 Å². The summed E-state index contributed by atoms with van der Waals surface area (Å²) in [7, 11) is 0. The minimum absolute atomic E-state index is 0.882. The van der Waals surface area contributed by atoms with E-state index in [1.165, 1.54) is 51.9 Å². The van der Waals surface area contributed by atoms with Crippen molar-refractivity contribution in [3.8, 4) is 0 Å². The van der Waals surface area contributed by atoms with Gasteiger partial charge in [-0.15, -0.1) is 0 Å². The van der Waals surface area contributed by atoms with E-state index in [2.05, 4.69) is 15.1 Å². The first kappa shape index (κ1) is 19.1. The van der Waals surface area contributed by atoms with Crippen LogP contribution in [0.2, 0.25) is 0 Å². The predicted molar refractivity (Wildman–Crippen MR) is 95.1 cm³/mol. The molecule has 5 nitrogen and oxygen atoms in total. The summed E-state index contributed by atoms with van der Waals surface area (Å²) >= 11 is 0. The van der Waals surface area contributed by atoms with E-state index in [4.69, 9.17) is 9.47 Å². The van der Waals surface area contributed by atoms with Gasteiger partial charge in [-0.05, 0) is 77.8 Å². The van der Waals surface area contributed by atoms with Gasteiger partial charge < -0.3 is 24.6 Å². The predicted octanol–water partition coefficient (Wildman–Crippen LogP) is 1.58. The summed E-state index contributed by atoms with van der Waals surface area (Å²) in [5.74, 6) is 0. The first-order chi connectivity index (χ1) is 11.4. The molecule has 0 aromatic rings. The monoisotopic (exact) mass is 327 g/mol. The van der Waals surface area contributed by atoms with Gasteiger partial charge in [0, 0.05) is 26.3 Å². The van der Waals surface area contributed by atoms with Gasteiger partial charge in [-0.25, -0.2) is 0 Å². The van der Waals surface area contributed by atoms with Crippen molar-refractivity contribution in [1.29, 1.82) is 0 Å². The average molecular weight is 328 g/mol. The molecule has 0 radical (unpaired) electrons. The Morgan fingerprint density at radius 1 is 0.609 bits per heavy atom. The lowest BCUT2D eigenvalue weighted by Gasteiger charge is -2.14. The van der Waals surface area contributed by atoms with Gasteiger partial charge in [-0.3, -0.25) is 0 Å². The molecule has 0 aromatic carbocycles. The van der Waals surface area contributed by atoms with Crippen molar-refractivity contribution in [2.75, 3.05) is 78.8 Å². The van der Waals surface area contributed by atoms with Gasteiger partial charge in [0.25, 0.3) is 0 Å². The topological polar surface area (TPSA) is 37.0 Å². The Balaban J connectivity index is 1.22. The van der Waals surface area contributed by atoms with Gasteiger partial charge in [0.05, 0.1) is 13.2 Å². The Hall–Kier alpha value is -0.200. The maximum Gasteiger partial charge on any atom is 0.0593 e. The zero-order valence-electron chi connectivity index (χ0n) is 14.9. The van der Waals surface area contributed by atoms with Crippen molar-refractivity contribution >= 4 is 0 Å². The van der Waals surface area contributed by atoms with Crippen molar-refractivity contribution in [2.24, 2.45) is 0 Å². The average Bonchev–Trinajstić information content (AvgIpc) is 3.25. The van der Waals surface area contributed by atoms with Crippen LogP contribution in [0.25, 0.3) is 0 Å². The fraction of sp³-hybridized carbons (Fsp3) is 1.00. The number of hydrogen-bond donors (Lipinski definition) is 1. The number of hydrogen-bond acceptors (Lipinski definition) is 5. The number of likely N-dealkylation sites (tertiary alicyclic amines) is 2. The molecule has 0 aliphatic carbocycles. The first-order valence-corrected chi connectivity index (χ1v) is 9.76. The van der Waals surface area contributed by atoms with E-state index in [1.54, 1.807) is 0 Å². The third-order valence-corrected chi connectivity index (χ3v) is 4.79. The zero-order chi connectivity index (χ0) is 16.0. The molecular weight excluding hydrogens is 290 g/mol. The third-order valence-electron chi connectivity index (χ3n) is 4.79. The first-order valence-electron chi connectivity index (χ1n) is 9.76. The molecular formula is C18H37N3O2. The fourth-order valence-electron chi connectivity index (χ4n) is 3.33. The van der Waals surface area contributed by atoms with Crippen LogP contribution < -0.4 is 5.32 Å². The second kappa shape index (κ2) is 13.1. The molecule has 136 valence electrons. The molecule has 0 spiro atoms. The van der Waals surface area contributed by atoms with E-state index < -0.39 is 0 Å². The Morgan fingerprint density at radius 3 is 1.48 bits per heavy atom. The lowest BCUT2D eigenvalue weighted by Crippen LogP contribution is -2.25. The number of nitrogens with one attached hydrogen (secondary N) is 1. The standard InChI is InChI=1S/C18H37N3O2/c1-2-10-20(9-1)13-17-22-15-5-7-19-8-6-16-23-18-14-21-11-3-4-12-21/h19H,1-18H2. The molecule has 0 aromatic heterocycles. The molecule has 2 fully saturated rings. The number of nitrogens with zero attached hydrogens (tertiary/aromatic N) is 2. The Bertz CT molecular complexity index is 241. The molecule has 1 N–H and O–H groups in total. The number of rotatable bonds is 14.